The molecule has 1 aliphatic heterocycles. The van der Waals surface area contributed by atoms with E-state index in [2.05, 4.69) is 31.9 Å². The Morgan fingerprint density at radius 3 is 2.31 bits per heavy atom. The van der Waals surface area contributed by atoms with Crippen LogP contribution in [-0.2, 0) is 21.9 Å². The van der Waals surface area contributed by atoms with Gasteiger partial charge < -0.3 is 0 Å². The van der Waals surface area contributed by atoms with Crippen molar-refractivity contribution in [1.82, 2.24) is 24.9 Å². The number of sulfonamides is 1. The highest BCUT2D eigenvalue weighted by Crippen LogP contribution is 2.24. The van der Waals surface area contributed by atoms with Crippen molar-refractivity contribution in [2.45, 2.75) is 24.7 Å². The van der Waals surface area contributed by atoms with Crippen molar-refractivity contribution in [1.29, 1.82) is 0 Å². The fourth-order valence-electron chi connectivity index (χ4n) is 3.11. The number of nitrogens with zero attached hydrogens (tertiary/aromatic N) is 3. The van der Waals surface area contributed by atoms with Crippen molar-refractivity contribution >= 4 is 37.8 Å². The quantitative estimate of drug-likeness (QED) is 0.637. The van der Waals surface area contributed by atoms with E-state index in [1.165, 1.54) is 8.99 Å². The molecule has 1 aromatic carbocycles. The van der Waals surface area contributed by atoms with Crippen molar-refractivity contribution in [3.05, 3.63) is 46.2 Å². The molecule has 0 atom stereocenters. The van der Waals surface area contributed by atoms with E-state index in [1.807, 2.05) is 6.92 Å². The Balaban J connectivity index is 1.53. The summed E-state index contributed by atoms with van der Waals surface area (Å²) in [6.45, 7) is 2.38. The van der Waals surface area contributed by atoms with Crippen LogP contribution in [0.4, 0.5) is 0 Å². The van der Waals surface area contributed by atoms with Crippen LogP contribution in [0.15, 0.2) is 39.8 Å². The average Bonchev–Trinajstić information content (AvgIpc) is 3.04. The molecule has 2 amide bonds. The number of nitrogens with one attached hydrogen (secondary N) is 2. The largest absolute Gasteiger partial charge is 0.291 e. The number of halogens is 1. The lowest BCUT2D eigenvalue weighted by Crippen LogP contribution is -2.48. The van der Waals surface area contributed by atoms with Gasteiger partial charge in [-0.05, 0) is 47.8 Å². The predicted molar refractivity (Wildman–Crippen MR) is 109 cm³/mol. The van der Waals surface area contributed by atoms with Gasteiger partial charge in [0.05, 0.1) is 9.37 Å². The normalized spacial score (nSPS) is 15.8. The van der Waals surface area contributed by atoms with Gasteiger partial charge in [0.2, 0.25) is 15.9 Å². The Kier molecular flexibility index (Phi) is 6.39. The second-order valence-corrected chi connectivity index (χ2v) is 9.73. The molecule has 9 nitrogen and oxygen atoms in total. The SMILES string of the molecule is Cc1ccc(S(=O)(=O)N2CCC(C(=O)NNC(=O)c3nn(C)cc3Br)CC2)cc1. The lowest BCUT2D eigenvalue weighted by atomic mass is 9.98. The zero-order valence-corrected chi connectivity index (χ0v) is 18.5. The van der Waals surface area contributed by atoms with Crippen LogP contribution in [0.25, 0.3) is 0 Å². The molecule has 0 aliphatic carbocycles. The molecule has 2 N–H and O–H groups in total. The van der Waals surface area contributed by atoms with Crippen molar-refractivity contribution in [3.63, 3.8) is 0 Å². The summed E-state index contributed by atoms with van der Waals surface area (Å²) in [5.74, 6) is -1.27. The van der Waals surface area contributed by atoms with E-state index < -0.39 is 15.9 Å². The maximum atomic E-state index is 12.7. The number of amides is 2. The minimum absolute atomic E-state index is 0.159. The molecule has 2 aromatic rings. The number of benzene rings is 1. The summed E-state index contributed by atoms with van der Waals surface area (Å²) in [5, 5.41) is 4.00. The maximum Gasteiger partial charge on any atom is 0.291 e. The first-order chi connectivity index (χ1) is 13.7. The molecule has 1 aromatic heterocycles. The number of carbonyl (C=O) groups is 2. The van der Waals surface area contributed by atoms with E-state index in [0.717, 1.165) is 5.56 Å². The topological polar surface area (TPSA) is 113 Å². The smallest absolute Gasteiger partial charge is 0.274 e. The summed E-state index contributed by atoms with van der Waals surface area (Å²) in [4.78, 5) is 24.7. The first-order valence-electron chi connectivity index (χ1n) is 9.04. The summed E-state index contributed by atoms with van der Waals surface area (Å²) < 4.78 is 28.9. The number of hydrogen-bond acceptors (Lipinski definition) is 5. The van der Waals surface area contributed by atoms with Crippen LogP contribution in [0, 0.1) is 12.8 Å². The molecule has 11 heteroatoms. The summed E-state index contributed by atoms with van der Waals surface area (Å²) in [6.07, 6.45) is 2.38. The van der Waals surface area contributed by atoms with Crippen molar-refractivity contribution in [2.24, 2.45) is 13.0 Å². The Morgan fingerprint density at radius 1 is 1.14 bits per heavy atom. The molecule has 0 unspecified atom stereocenters. The number of hydrazine groups is 1. The standard InChI is InChI=1S/C18H22BrN5O4S/c1-12-3-5-14(6-4-12)29(27,28)24-9-7-13(8-10-24)17(25)20-21-18(26)16-15(19)11-23(2)22-16/h3-6,11,13H,7-10H2,1-2H3,(H,20,25)(H,21,26). The molecule has 29 heavy (non-hydrogen) atoms. The third kappa shape index (κ3) is 4.85. The molecule has 0 spiro atoms. The van der Waals surface area contributed by atoms with Crippen molar-refractivity contribution in [2.75, 3.05) is 13.1 Å². The van der Waals surface area contributed by atoms with Crippen LogP contribution >= 0.6 is 15.9 Å². The van der Waals surface area contributed by atoms with Gasteiger partial charge in [-0.2, -0.15) is 9.40 Å². The van der Waals surface area contributed by atoms with Crippen LogP contribution in [-0.4, -0.2) is 47.4 Å². The lowest BCUT2D eigenvalue weighted by Gasteiger charge is -2.30. The van der Waals surface area contributed by atoms with E-state index in [-0.39, 0.29) is 35.5 Å². The Labute approximate surface area is 177 Å². The molecule has 1 fully saturated rings. The van der Waals surface area contributed by atoms with Crippen LogP contribution in [0.5, 0.6) is 0 Å². The number of carbonyl (C=O) groups excluding carboxylic acids is 2. The summed E-state index contributed by atoms with van der Waals surface area (Å²) >= 11 is 3.23. The van der Waals surface area contributed by atoms with Gasteiger partial charge in [-0.15, -0.1) is 0 Å². The third-order valence-electron chi connectivity index (χ3n) is 4.78. The van der Waals surface area contributed by atoms with Gasteiger partial charge in [-0.3, -0.25) is 25.1 Å². The fraction of sp³-hybridized carbons (Fsp3) is 0.389. The van der Waals surface area contributed by atoms with Crippen LogP contribution in [0.1, 0.15) is 28.9 Å². The molecule has 1 saturated heterocycles. The molecular formula is C18H22BrN5O4S. The van der Waals surface area contributed by atoms with Gasteiger partial charge >= 0.3 is 0 Å². The Bertz CT molecular complexity index is 1010. The minimum Gasteiger partial charge on any atom is -0.274 e. The van der Waals surface area contributed by atoms with E-state index in [0.29, 0.717) is 17.3 Å². The molecule has 0 radical (unpaired) electrons. The number of aryl methyl sites for hydroxylation is 2. The van der Waals surface area contributed by atoms with Gasteiger partial charge in [0, 0.05) is 32.3 Å². The summed E-state index contributed by atoms with van der Waals surface area (Å²) in [5.41, 5.74) is 5.89. The summed E-state index contributed by atoms with van der Waals surface area (Å²) in [7, 11) is -1.90. The zero-order chi connectivity index (χ0) is 21.2. The molecular weight excluding hydrogens is 462 g/mol. The predicted octanol–water partition coefficient (Wildman–Crippen LogP) is 1.35. The molecule has 1 aliphatic rings. The third-order valence-corrected chi connectivity index (χ3v) is 7.28. The van der Waals surface area contributed by atoms with Gasteiger partial charge in [0.1, 0.15) is 0 Å². The Morgan fingerprint density at radius 2 is 1.76 bits per heavy atom. The average molecular weight is 484 g/mol. The second-order valence-electron chi connectivity index (χ2n) is 6.93. The lowest BCUT2D eigenvalue weighted by molar-refractivity contribution is -0.126. The monoisotopic (exact) mass is 483 g/mol. The highest BCUT2D eigenvalue weighted by Gasteiger charge is 2.32. The molecule has 2 heterocycles. The molecule has 3 rings (SSSR count). The van der Waals surface area contributed by atoms with E-state index in [4.69, 9.17) is 0 Å². The van der Waals surface area contributed by atoms with E-state index in [1.54, 1.807) is 37.5 Å². The van der Waals surface area contributed by atoms with Gasteiger partial charge in [-0.25, -0.2) is 8.42 Å². The van der Waals surface area contributed by atoms with Crippen molar-refractivity contribution < 1.29 is 18.0 Å². The highest BCUT2D eigenvalue weighted by molar-refractivity contribution is 9.10. The van der Waals surface area contributed by atoms with E-state index in [9.17, 15) is 18.0 Å². The Hall–Kier alpha value is -2.24. The van der Waals surface area contributed by atoms with E-state index >= 15 is 0 Å². The van der Waals surface area contributed by atoms with Crippen molar-refractivity contribution in [3.8, 4) is 0 Å². The highest BCUT2D eigenvalue weighted by atomic mass is 79.9. The van der Waals surface area contributed by atoms with Crippen LogP contribution in [0.3, 0.4) is 0 Å². The minimum atomic E-state index is -3.58. The fourth-order valence-corrected chi connectivity index (χ4v) is 5.14. The molecule has 0 saturated carbocycles. The van der Waals surface area contributed by atoms with Gasteiger partial charge in [0.25, 0.3) is 5.91 Å². The molecule has 0 bridgehead atoms. The number of aromatic nitrogens is 2. The first-order valence-corrected chi connectivity index (χ1v) is 11.3. The number of rotatable bonds is 4. The maximum absolute atomic E-state index is 12.7. The number of hydrogen-bond donors (Lipinski definition) is 2. The first kappa shape index (κ1) is 21.5. The summed E-state index contributed by atoms with van der Waals surface area (Å²) in [6, 6.07) is 6.70. The number of piperidine rings is 1. The second kappa shape index (κ2) is 8.64. The van der Waals surface area contributed by atoms with Crippen LogP contribution in [0.2, 0.25) is 0 Å². The van der Waals surface area contributed by atoms with Crippen LogP contribution < -0.4 is 10.9 Å². The van der Waals surface area contributed by atoms with Gasteiger partial charge in [-0.1, -0.05) is 17.7 Å². The molecule has 156 valence electrons. The van der Waals surface area contributed by atoms with Gasteiger partial charge in [0.15, 0.2) is 5.69 Å². The zero-order valence-electron chi connectivity index (χ0n) is 16.1.